The average molecular weight is 215 g/mol. The third-order valence-corrected chi connectivity index (χ3v) is 3.05. The summed E-state index contributed by atoms with van der Waals surface area (Å²) in [6.45, 7) is 6.86. The van der Waals surface area contributed by atoms with Crippen LogP contribution in [0.15, 0.2) is 18.3 Å². The van der Waals surface area contributed by atoms with Gasteiger partial charge in [-0.1, -0.05) is 12.1 Å². The lowest BCUT2D eigenvalue weighted by Gasteiger charge is -2.09. The third kappa shape index (κ3) is 1.74. The Bertz CT molecular complexity index is 512. The molecule has 16 heavy (non-hydrogen) atoms. The third-order valence-electron chi connectivity index (χ3n) is 3.05. The van der Waals surface area contributed by atoms with Crippen molar-refractivity contribution in [3.05, 3.63) is 40.7 Å². The summed E-state index contributed by atoms with van der Waals surface area (Å²) >= 11 is 0. The van der Waals surface area contributed by atoms with Gasteiger partial charge in [0.1, 0.15) is 0 Å². The second-order valence-corrected chi connectivity index (χ2v) is 4.22. The highest BCUT2D eigenvalue weighted by atomic mass is 15.1. The number of aromatic amines is 1. The second kappa shape index (κ2) is 4.10. The largest absolute Gasteiger partial charge is 0.325 e. The second-order valence-electron chi connectivity index (χ2n) is 4.22. The molecule has 1 aromatic carbocycles. The Hall–Kier alpha value is -1.61. The van der Waals surface area contributed by atoms with Crippen LogP contribution < -0.4 is 5.73 Å². The van der Waals surface area contributed by atoms with Crippen molar-refractivity contribution in [3.63, 3.8) is 0 Å². The van der Waals surface area contributed by atoms with E-state index in [-0.39, 0.29) is 0 Å². The molecule has 0 atom stereocenters. The average Bonchev–Trinajstić information content (AvgIpc) is 2.71. The first-order chi connectivity index (χ1) is 7.63. The van der Waals surface area contributed by atoms with Gasteiger partial charge in [-0.2, -0.15) is 5.10 Å². The van der Waals surface area contributed by atoms with Crippen molar-refractivity contribution in [1.29, 1.82) is 0 Å². The Morgan fingerprint density at radius 2 is 1.75 bits per heavy atom. The molecule has 0 unspecified atom stereocenters. The zero-order valence-corrected chi connectivity index (χ0v) is 9.96. The molecule has 0 aliphatic rings. The lowest BCUT2D eigenvalue weighted by Crippen LogP contribution is -1.99. The number of aromatic nitrogens is 2. The van der Waals surface area contributed by atoms with Gasteiger partial charge in [0.25, 0.3) is 0 Å². The van der Waals surface area contributed by atoms with Crippen LogP contribution in [0.1, 0.15) is 22.4 Å². The standard InChI is InChI=1S/C13H17N3/c1-8-4-10(3)11(5-9(8)2)12-7-15-16-13(12)6-14/h4-5,7H,6,14H2,1-3H3,(H,15,16). The Kier molecular flexibility index (Phi) is 2.79. The van der Waals surface area contributed by atoms with Crippen molar-refractivity contribution in [2.45, 2.75) is 27.3 Å². The highest BCUT2D eigenvalue weighted by Crippen LogP contribution is 2.27. The predicted octanol–water partition coefficient (Wildman–Crippen LogP) is 2.46. The Morgan fingerprint density at radius 3 is 2.44 bits per heavy atom. The normalized spacial score (nSPS) is 10.8. The maximum Gasteiger partial charge on any atom is 0.0569 e. The number of nitrogens with zero attached hydrogens (tertiary/aromatic N) is 1. The molecule has 2 aromatic rings. The Balaban J connectivity index is 2.60. The molecule has 0 amide bonds. The summed E-state index contributed by atoms with van der Waals surface area (Å²) in [6, 6.07) is 4.41. The van der Waals surface area contributed by atoms with Gasteiger partial charge >= 0.3 is 0 Å². The van der Waals surface area contributed by atoms with Crippen molar-refractivity contribution >= 4 is 0 Å². The highest BCUT2D eigenvalue weighted by Gasteiger charge is 2.09. The summed E-state index contributed by atoms with van der Waals surface area (Å²) in [5.41, 5.74) is 12.9. The van der Waals surface area contributed by atoms with Crippen LogP contribution in [-0.2, 0) is 6.54 Å². The van der Waals surface area contributed by atoms with Crippen molar-refractivity contribution in [2.75, 3.05) is 0 Å². The first-order valence-electron chi connectivity index (χ1n) is 5.44. The molecule has 0 aliphatic carbocycles. The van der Waals surface area contributed by atoms with Crippen molar-refractivity contribution < 1.29 is 0 Å². The zero-order chi connectivity index (χ0) is 11.7. The number of H-pyrrole nitrogens is 1. The van der Waals surface area contributed by atoms with Crippen LogP contribution >= 0.6 is 0 Å². The van der Waals surface area contributed by atoms with Crippen LogP contribution in [0.4, 0.5) is 0 Å². The van der Waals surface area contributed by atoms with Gasteiger partial charge in [0.05, 0.1) is 11.9 Å². The quantitative estimate of drug-likeness (QED) is 0.808. The van der Waals surface area contributed by atoms with E-state index in [2.05, 4.69) is 43.1 Å². The van der Waals surface area contributed by atoms with E-state index in [4.69, 9.17) is 5.73 Å². The summed E-state index contributed by atoms with van der Waals surface area (Å²) in [6.07, 6.45) is 1.85. The molecule has 0 aliphatic heterocycles. The van der Waals surface area contributed by atoms with E-state index in [0.717, 1.165) is 11.3 Å². The van der Waals surface area contributed by atoms with Gasteiger partial charge in [0.15, 0.2) is 0 Å². The predicted molar refractivity (Wildman–Crippen MR) is 66.1 cm³/mol. The zero-order valence-electron chi connectivity index (χ0n) is 9.96. The fourth-order valence-corrected chi connectivity index (χ4v) is 1.95. The monoisotopic (exact) mass is 215 g/mol. The number of nitrogens with one attached hydrogen (secondary N) is 1. The summed E-state index contributed by atoms with van der Waals surface area (Å²) in [7, 11) is 0. The molecule has 1 heterocycles. The molecular weight excluding hydrogens is 198 g/mol. The Morgan fingerprint density at radius 1 is 1.06 bits per heavy atom. The molecule has 2 rings (SSSR count). The van der Waals surface area contributed by atoms with Crippen molar-refractivity contribution in [2.24, 2.45) is 5.73 Å². The van der Waals surface area contributed by atoms with E-state index >= 15 is 0 Å². The molecule has 84 valence electrons. The van der Waals surface area contributed by atoms with E-state index in [0.29, 0.717) is 6.54 Å². The van der Waals surface area contributed by atoms with E-state index in [1.807, 2.05) is 6.20 Å². The molecule has 0 spiro atoms. The van der Waals surface area contributed by atoms with Gasteiger partial charge < -0.3 is 5.73 Å². The van der Waals surface area contributed by atoms with Crippen molar-refractivity contribution in [1.82, 2.24) is 10.2 Å². The van der Waals surface area contributed by atoms with Gasteiger partial charge in [-0.05, 0) is 43.0 Å². The molecule has 3 nitrogen and oxygen atoms in total. The van der Waals surface area contributed by atoms with Crippen LogP contribution in [-0.4, -0.2) is 10.2 Å². The smallest absolute Gasteiger partial charge is 0.0569 e. The Labute approximate surface area is 95.7 Å². The number of aryl methyl sites for hydroxylation is 3. The van der Waals surface area contributed by atoms with Gasteiger partial charge in [-0.3, -0.25) is 5.10 Å². The SMILES string of the molecule is Cc1cc(C)c(-c2cn[nH]c2CN)cc1C. The molecule has 0 saturated heterocycles. The van der Waals surface area contributed by atoms with Crippen LogP contribution in [0.25, 0.3) is 11.1 Å². The van der Waals surface area contributed by atoms with Crippen LogP contribution in [0.5, 0.6) is 0 Å². The van der Waals surface area contributed by atoms with Gasteiger partial charge in [-0.15, -0.1) is 0 Å². The van der Waals surface area contributed by atoms with E-state index in [9.17, 15) is 0 Å². The summed E-state index contributed by atoms with van der Waals surface area (Å²) < 4.78 is 0. The van der Waals surface area contributed by atoms with Gasteiger partial charge in [0.2, 0.25) is 0 Å². The molecule has 0 fully saturated rings. The molecule has 0 bridgehead atoms. The van der Waals surface area contributed by atoms with E-state index in [1.165, 1.54) is 22.3 Å². The van der Waals surface area contributed by atoms with Crippen LogP contribution in [0, 0.1) is 20.8 Å². The maximum absolute atomic E-state index is 5.68. The minimum atomic E-state index is 0.488. The minimum absolute atomic E-state index is 0.488. The molecule has 1 aromatic heterocycles. The van der Waals surface area contributed by atoms with Crippen LogP contribution in [0.3, 0.4) is 0 Å². The molecule has 3 heteroatoms. The molecular formula is C13H17N3. The fourth-order valence-electron chi connectivity index (χ4n) is 1.95. The molecule has 0 saturated carbocycles. The summed E-state index contributed by atoms with van der Waals surface area (Å²) in [5, 5.41) is 7.00. The fraction of sp³-hybridized carbons (Fsp3) is 0.308. The number of hydrogen-bond acceptors (Lipinski definition) is 2. The van der Waals surface area contributed by atoms with Gasteiger partial charge in [-0.25, -0.2) is 0 Å². The number of benzene rings is 1. The number of hydrogen-bond donors (Lipinski definition) is 2. The minimum Gasteiger partial charge on any atom is -0.325 e. The maximum atomic E-state index is 5.68. The van der Waals surface area contributed by atoms with Crippen LogP contribution in [0.2, 0.25) is 0 Å². The van der Waals surface area contributed by atoms with Crippen molar-refractivity contribution in [3.8, 4) is 11.1 Å². The summed E-state index contributed by atoms with van der Waals surface area (Å²) in [4.78, 5) is 0. The topological polar surface area (TPSA) is 54.7 Å². The molecule has 0 radical (unpaired) electrons. The van der Waals surface area contributed by atoms with E-state index < -0.39 is 0 Å². The van der Waals surface area contributed by atoms with Gasteiger partial charge in [0, 0.05) is 12.1 Å². The number of rotatable bonds is 2. The molecule has 3 N–H and O–H groups in total. The lowest BCUT2D eigenvalue weighted by atomic mass is 9.96. The lowest BCUT2D eigenvalue weighted by molar-refractivity contribution is 0.948. The first-order valence-corrected chi connectivity index (χ1v) is 5.44. The summed E-state index contributed by atoms with van der Waals surface area (Å²) in [5.74, 6) is 0. The van der Waals surface area contributed by atoms with E-state index in [1.54, 1.807) is 0 Å². The highest BCUT2D eigenvalue weighted by molar-refractivity contribution is 5.70. The first kappa shape index (κ1) is 10.9. The number of nitrogens with two attached hydrogens (primary N) is 1.